The van der Waals surface area contributed by atoms with Gasteiger partial charge in [0.15, 0.2) is 0 Å². The van der Waals surface area contributed by atoms with Gasteiger partial charge in [0.25, 0.3) is 0 Å². The number of carbonyl (C=O) groups is 1. The number of carbonyl (C=O) groups excluding carboxylic acids is 1. The lowest BCUT2D eigenvalue weighted by atomic mass is 9.95. The van der Waals surface area contributed by atoms with Gasteiger partial charge in [-0.15, -0.1) is 0 Å². The van der Waals surface area contributed by atoms with Crippen LogP contribution in [0.4, 0.5) is 0 Å². The van der Waals surface area contributed by atoms with Crippen LogP contribution in [0.2, 0.25) is 0 Å². The molecule has 2 fully saturated rings. The van der Waals surface area contributed by atoms with E-state index in [0.29, 0.717) is 18.6 Å². The van der Waals surface area contributed by atoms with Crippen molar-refractivity contribution in [3.05, 3.63) is 0 Å². The highest BCUT2D eigenvalue weighted by atomic mass is 16.2. The van der Waals surface area contributed by atoms with Gasteiger partial charge in [0.1, 0.15) is 0 Å². The first kappa shape index (κ1) is 12.8. The maximum Gasteiger partial charge on any atom is 0.234 e. The predicted octanol–water partition coefficient (Wildman–Crippen LogP) is 0.729. The largest absolute Gasteiger partial charge is 0.352 e. The van der Waals surface area contributed by atoms with Crippen LogP contribution in [0.15, 0.2) is 0 Å². The number of amides is 1. The Hall–Kier alpha value is -0.610. The van der Waals surface area contributed by atoms with Crippen molar-refractivity contribution in [3.63, 3.8) is 0 Å². The third-order valence-corrected chi connectivity index (χ3v) is 3.96. The molecule has 4 heteroatoms. The molecule has 1 atom stereocenters. The second-order valence-corrected chi connectivity index (χ2v) is 5.43. The van der Waals surface area contributed by atoms with E-state index in [4.69, 9.17) is 0 Å². The van der Waals surface area contributed by atoms with Crippen LogP contribution in [0, 0.1) is 0 Å². The van der Waals surface area contributed by atoms with Gasteiger partial charge >= 0.3 is 0 Å². The quantitative estimate of drug-likeness (QED) is 0.763. The molecule has 1 saturated carbocycles. The minimum Gasteiger partial charge on any atom is -0.352 e. The molecule has 2 N–H and O–H groups in total. The van der Waals surface area contributed by atoms with Crippen molar-refractivity contribution in [1.82, 2.24) is 15.5 Å². The van der Waals surface area contributed by atoms with Gasteiger partial charge in [-0.2, -0.15) is 0 Å². The lowest BCUT2D eigenvalue weighted by molar-refractivity contribution is -0.123. The van der Waals surface area contributed by atoms with Crippen LogP contribution >= 0.6 is 0 Å². The van der Waals surface area contributed by atoms with E-state index in [9.17, 15) is 4.79 Å². The van der Waals surface area contributed by atoms with Crippen LogP contribution in [-0.2, 0) is 4.79 Å². The number of hydrogen-bond acceptors (Lipinski definition) is 3. The summed E-state index contributed by atoms with van der Waals surface area (Å²) in [5.41, 5.74) is 0. The number of nitrogens with one attached hydrogen (secondary N) is 2. The van der Waals surface area contributed by atoms with Crippen LogP contribution in [0.3, 0.4) is 0 Å². The van der Waals surface area contributed by atoms with Crippen molar-refractivity contribution in [3.8, 4) is 0 Å². The standard InChI is InChI=1S/C13H25N3O/c1-11-9-14-7-8-16(11)10-13(17)15-12-5-3-2-4-6-12/h11-12,14H,2-10H2,1H3,(H,15,17)/t11-/m0/s1. The topological polar surface area (TPSA) is 44.4 Å². The highest BCUT2D eigenvalue weighted by Gasteiger charge is 2.22. The van der Waals surface area contributed by atoms with Crippen molar-refractivity contribution < 1.29 is 4.79 Å². The fraction of sp³-hybridized carbons (Fsp3) is 0.923. The molecule has 1 amide bonds. The average Bonchev–Trinajstić information content (AvgIpc) is 2.33. The lowest BCUT2D eigenvalue weighted by Gasteiger charge is -2.34. The second-order valence-electron chi connectivity index (χ2n) is 5.43. The Labute approximate surface area is 104 Å². The van der Waals surface area contributed by atoms with E-state index in [-0.39, 0.29) is 5.91 Å². The van der Waals surface area contributed by atoms with E-state index >= 15 is 0 Å². The normalized spacial score (nSPS) is 27.9. The molecule has 1 aliphatic carbocycles. The molecule has 2 aliphatic rings. The van der Waals surface area contributed by atoms with Gasteiger partial charge in [-0.25, -0.2) is 0 Å². The molecule has 0 aromatic rings. The Balaban J connectivity index is 1.72. The molecular weight excluding hydrogens is 214 g/mol. The summed E-state index contributed by atoms with van der Waals surface area (Å²) in [5, 5.41) is 6.53. The number of hydrogen-bond donors (Lipinski definition) is 2. The number of nitrogens with zero attached hydrogens (tertiary/aromatic N) is 1. The second kappa shape index (κ2) is 6.36. The summed E-state index contributed by atoms with van der Waals surface area (Å²) in [7, 11) is 0. The van der Waals surface area contributed by atoms with Crippen LogP contribution in [0.1, 0.15) is 39.0 Å². The molecule has 2 rings (SSSR count). The summed E-state index contributed by atoms with van der Waals surface area (Å²) in [4.78, 5) is 14.2. The lowest BCUT2D eigenvalue weighted by Crippen LogP contribution is -2.53. The van der Waals surface area contributed by atoms with Gasteiger partial charge in [-0.3, -0.25) is 9.69 Å². The Bertz CT molecular complexity index is 251. The maximum atomic E-state index is 12.0. The first-order valence-corrected chi connectivity index (χ1v) is 7.00. The third-order valence-electron chi connectivity index (χ3n) is 3.96. The molecule has 0 radical (unpaired) electrons. The third kappa shape index (κ3) is 3.96. The molecule has 0 unspecified atom stereocenters. The maximum absolute atomic E-state index is 12.0. The van der Waals surface area contributed by atoms with Crippen molar-refractivity contribution in [2.75, 3.05) is 26.2 Å². The molecule has 1 aliphatic heterocycles. The van der Waals surface area contributed by atoms with E-state index in [1.54, 1.807) is 0 Å². The van der Waals surface area contributed by atoms with E-state index < -0.39 is 0 Å². The molecule has 0 aromatic carbocycles. The van der Waals surface area contributed by atoms with Crippen molar-refractivity contribution in [2.45, 2.75) is 51.1 Å². The summed E-state index contributed by atoms with van der Waals surface area (Å²) in [5.74, 6) is 0.214. The van der Waals surface area contributed by atoms with Gasteiger partial charge in [-0.05, 0) is 19.8 Å². The zero-order chi connectivity index (χ0) is 12.1. The molecule has 1 saturated heterocycles. The van der Waals surface area contributed by atoms with Crippen LogP contribution in [0.5, 0.6) is 0 Å². The van der Waals surface area contributed by atoms with Crippen molar-refractivity contribution >= 4 is 5.91 Å². The predicted molar refractivity (Wildman–Crippen MR) is 68.9 cm³/mol. The minimum absolute atomic E-state index is 0.214. The summed E-state index contributed by atoms with van der Waals surface area (Å²) < 4.78 is 0. The van der Waals surface area contributed by atoms with Crippen LogP contribution in [-0.4, -0.2) is 49.1 Å². The van der Waals surface area contributed by atoms with Gasteiger partial charge in [-0.1, -0.05) is 19.3 Å². The smallest absolute Gasteiger partial charge is 0.234 e. The van der Waals surface area contributed by atoms with Gasteiger partial charge in [0.05, 0.1) is 6.54 Å². The van der Waals surface area contributed by atoms with E-state index in [1.165, 1.54) is 32.1 Å². The zero-order valence-electron chi connectivity index (χ0n) is 10.9. The Kier molecular flexibility index (Phi) is 4.80. The SMILES string of the molecule is C[C@H]1CNCCN1CC(=O)NC1CCCCC1. The zero-order valence-corrected chi connectivity index (χ0v) is 10.9. The molecule has 0 aromatic heterocycles. The van der Waals surface area contributed by atoms with Crippen LogP contribution in [0.25, 0.3) is 0 Å². The van der Waals surface area contributed by atoms with E-state index in [0.717, 1.165) is 19.6 Å². The van der Waals surface area contributed by atoms with Crippen molar-refractivity contribution in [1.29, 1.82) is 0 Å². The molecule has 0 bridgehead atoms. The first-order valence-electron chi connectivity index (χ1n) is 7.00. The first-order chi connectivity index (χ1) is 8.25. The van der Waals surface area contributed by atoms with Crippen LogP contribution < -0.4 is 10.6 Å². The van der Waals surface area contributed by atoms with Gasteiger partial charge < -0.3 is 10.6 Å². The molecule has 0 spiro atoms. The Morgan fingerprint density at radius 2 is 2.12 bits per heavy atom. The summed E-state index contributed by atoms with van der Waals surface area (Å²) in [6.07, 6.45) is 6.22. The highest BCUT2D eigenvalue weighted by Crippen LogP contribution is 2.17. The van der Waals surface area contributed by atoms with Gasteiger partial charge in [0.2, 0.25) is 5.91 Å². The monoisotopic (exact) mass is 239 g/mol. The molecular formula is C13H25N3O. The van der Waals surface area contributed by atoms with E-state index in [1.807, 2.05) is 0 Å². The molecule has 1 heterocycles. The fourth-order valence-electron chi connectivity index (χ4n) is 2.82. The van der Waals surface area contributed by atoms with Crippen molar-refractivity contribution in [2.24, 2.45) is 0 Å². The van der Waals surface area contributed by atoms with Gasteiger partial charge in [0, 0.05) is 31.7 Å². The molecule has 98 valence electrons. The number of piperazine rings is 1. The molecule has 4 nitrogen and oxygen atoms in total. The fourth-order valence-corrected chi connectivity index (χ4v) is 2.82. The Morgan fingerprint density at radius 1 is 1.35 bits per heavy atom. The Morgan fingerprint density at radius 3 is 2.82 bits per heavy atom. The average molecular weight is 239 g/mol. The minimum atomic E-state index is 0.214. The highest BCUT2D eigenvalue weighted by molar-refractivity contribution is 5.78. The summed E-state index contributed by atoms with van der Waals surface area (Å²) in [6.45, 7) is 5.73. The molecule has 17 heavy (non-hydrogen) atoms. The number of rotatable bonds is 3. The summed E-state index contributed by atoms with van der Waals surface area (Å²) in [6, 6.07) is 0.912. The summed E-state index contributed by atoms with van der Waals surface area (Å²) >= 11 is 0. The van der Waals surface area contributed by atoms with E-state index in [2.05, 4.69) is 22.5 Å².